The Bertz CT molecular complexity index is 306. The number of nitrogens with one attached hydrogen (secondary N) is 2. The molecule has 5 nitrogen and oxygen atoms in total. The zero-order valence-electron chi connectivity index (χ0n) is 12.6. The van der Waals surface area contributed by atoms with Crippen LogP contribution in [0.4, 0.5) is 0 Å². The number of allylic oxidation sites excluding steroid dienone is 4. The van der Waals surface area contributed by atoms with Crippen molar-refractivity contribution < 1.29 is 13.5 Å². The average molecular weight is 286 g/mol. The first-order chi connectivity index (χ1) is 9.03. The number of hydrogen-bond donors (Lipinski definition) is 2. The third kappa shape index (κ3) is 7.17. The van der Waals surface area contributed by atoms with Crippen molar-refractivity contribution >= 4 is 8.80 Å². The number of hydrogen-bond acceptors (Lipinski definition) is 5. The molecule has 0 aromatic heterocycles. The van der Waals surface area contributed by atoms with Gasteiger partial charge in [0, 0.05) is 18.5 Å². The average Bonchev–Trinajstić information content (AvgIpc) is 2.40. The molecule has 0 fully saturated rings. The molecule has 0 aromatic carbocycles. The summed E-state index contributed by atoms with van der Waals surface area (Å²) in [6, 6.07) is 0. The molecule has 0 aliphatic heterocycles. The Hall–Kier alpha value is -1.08. The van der Waals surface area contributed by atoms with Crippen LogP contribution in [0.2, 0.25) is 0 Å². The first-order valence-corrected chi connectivity index (χ1v) is 8.24. The summed E-state index contributed by atoms with van der Waals surface area (Å²) in [5, 5.41) is 0. The first-order valence-electron chi connectivity index (χ1n) is 6.43. The van der Waals surface area contributed by atoms with Gasteiger partial charge < -0.3 is 4.43 Å². The van der Waals surface area contributed by atoms with Crippen LogP contribution in [0, 0.1) is 0 Å². The fourth-order valence-electron chi connectivity index (χ4n) is 1.27. The standard InChI is InChI=1S/C13H26N2O3Si/c1-7-10-12(4)14-17-19(9-3,16-6)18-15-13(5)11-8-2/h9-11,14-15H,3,7-8H2,1-2,4-6H3. The maximum absolute atomic E-state index is 5.54. The van der Waals surface area contributed by atoms with E-state index in [0.29, 0.717) is 0 Å². The van der Waals surface area contributed by atoms with Gasteiger partial charge in [-0.3, -0.25) is 20.0 Å². The summed E-state index contributed by atoms with van der Waals surface area (Å²) in [5.41, 5.74) is 9.02. The Morgan fingerprint density at radius 3 is 1.74 bits per heavy atom. The Morgan fingerprint density at radius 2 is 1.47 bits per heavy atom. The predicted molar refractivity (Wildman–Crippen MR) is 79.5 cm³/mol. The second-order valence-electron chi connectivity index (χ2n) is 4.01. The third-order valence-electron chi connectivity index (χ3n) is 2.26. The zero-order chi connectivity index (χ0) is 14.7. The largest absolute Gasteiger partial charge is 0.572 e. The topological polar surface area (TPSA) is 51.8 Å². The third-order valence-corrected chi connectivity index (χ3v) is 4.11. The van der Waals surface area contributed by atoms with E-state index in [2.05, 4.69) is 31.4 Å². The van der Waals surface area contributed by atoms with Gasteiger partial charge in [-0.2, -0.15) is 0 Å². The molecular weight excluding hydrogens is 260 g/mol. The molecule has 0 aliphatic carbocycles. The van der Waals surface area contributed by atoms with Crippen LogP contribution >= 0.6 is 0 Å². The van der Waals surface area contributed by atoms with Crippen LogP contribution in [0.25, 0.3) is 0 Å². The molecule has 0 atom stereocenters. The van der Waals surface area contributed by atoms with Gasteiger partial charge in [0.2, 0.25) is 0 Å². The van der Waals surface area contributed by atoms with Gasteiger partial charge in [-0.05, 0) is 32.4 Å². The van der Waals surface area contributed by atoms with Crippen molar-refractivity contribution in [2.75, 3.05) is 7.11 Å². The fourth-order valence-corrected chi connectivity index (χ4v) is 2.42. The van der Waals surface area contributed by atoms with E-state index in [-0.39, 0.29) is 0 Å². The van der Waals surface area contributed by atoms with Crippen LogP contribution in [-0.4, -0.2) is 15.9 Å². The van der Waals surface area contributed by atoms with Gasteiger partial charge in [-0.15, -0.1) is 0 Å². The molecule has 0 amide bonds. The molecule has 6 heteroatoms. The highest BCUT2D eigenvalue weighted by Gasteiger charge is 2.39. The van der Waals surface area contributed by atoms with Gasteiger partial charge in [-0.25, -0.2) is 0 Å². The Labute approximate surface area is 117 Å². The van der Waals surface area contributed by atoms with Crippen molar-refractivity contribution in [2.45, 2.75) is 40.5 Å². The molecule has 0 unspecified atom stereocenters. The summed E-state index contributed by atoms with van der Waals surface area (Å²) in [6.07, 6.45) is 5.87. The lowest BCUT2D eigenvalue weighted by Crippen LogP contribution is -2.49. The molecule has 0 rings (SSSR count). The summed E-state index contributed by atoms with van der Waals surface area (Å²) in [4.78, 5) is 0. The quantitative estimate of drug-likeness (QED) is 0.478. The lowest BCUT2D eigenvalue weighted by atomic mass is 10.4. The van der Waals surface area contributed by atoms with Crippen molar-refractivity contribution in [3.8, 4) is 0 Å². The van der Waals surface area contributed by atoms with Crippen LogP contribution in [0.1, 0.15) is 40.5 Å². The van der Waals surface area contributed by atoms with E-state index < -0.39 is 8.80 Å². The van der Waals surface area contributed by atoms with Crippen molar-refractivity contribution in [1.82, 2.24) is 11.0 Å². The van der Waals surface area contributed by atoms with Crippen molar-refractivity contribution in [1.29, 1.82) is 0 Å². The SMILES string of the molecule is C=C[Si](OC)(ONC(C)=CCC)ONC(C)=CCC. The van der Waals surface area contributed by atoms with Crippen LogP contribution in [0.5, 0.6) is 0 Å². The monoisotopic (exact) mass is 286 g/mol. The molecule has 0 aliphatic rings. The number of hydroxylamine groups is 2. The lowest BCUT2D eigenvalue weighted by Gasteiger charge is -2.25. The van der Waals surface area contributed by atoms with Gasteiger partial charge in [0.1, 0.15) is 0 Å². The minimum Gasteiger partial charge on any atom is -0.372 e. The highest BCUT2D eigenvalue weighted by molar-refractivity contribution is 6.65. The van der Waals surface area contributed by atoms with Crippen molar-refractivity contribution in [3.63, 3.8) is 0 Å². The first kappa shape index (κ1) is 17.9. The minimum absolute atomic E-state index is 0.905. The molecule has 0 bridgehead atoms. The van der Waals surface area contributed by atoms with Gasteiger partial charge >= 0.3 is 8.80 Å². The fraction of sp³-hybridized carbons (Fsp3) is 0.538. The molecule has 0 aromatic rings. The van der Waals surface area contributed by atoms with Crippen LogP contribution < -0.4 is 11.0 Å². The molecule has 19 heavy (non-hydrogen) atoms. The van der Waals surface area contributed by atoms with Gasteiger partial charge in [0.25, 0.3) is 0 Å². The summed E-state index contributed by atoms with van der Waals surface area (Å²) < 4.78 is 16.4. The van der Waals surface area contributed by atoms with Crippen LogP contribution in [0.3, 0.4) is 0 Å². The Balaban J connectivity index is 4.54. The summed E-state index contributed by atoms with van der Waals surface area (Å²) >= 11 is 0. The van der Waals surface area contributed by atoms with Crippen molar-refractivity contribution in [2.24, 2.45) is 0 Å². The molecule has 0 heterocycles. The molecule has 0 saturated heterocycles. The minimum atomic E-state index is -2.97. The molecule has 0 saturated carbocycles. The Kier molecular flexibility index (Phi) is 9.24. The molecule has 0 radical (unpaired) electrons. The van der Waals surface area contributed by atoms with E-state index in [1.807, 2.05) is 26.0 Å². The number of rotatable bonds is 10. The highest BCUT2D eigenvalue weighted by atomic mass is 28.4. The van der Waals surface area contributed by atoms with Gasteiger partial charge in [0.15, 0.2) is 0 Å². The summed E-state index contributed by atoms with van der Waals surface area (Å²) in [5.74, 6) is 0. The van der Waals surface area contributed by atoms with E-state index in [9.17, 15) is 0 Å². The molecule has 110 valence electrons. The Morgan fingerprint density at radius 1 is 1.05 bits per heavy atom. The normalized spacial score (nSPS) is 15.8. The predicted octanol–water partition coefficient (Wildman–Crippen LogP) is 2.97. The maximum atomic E-state index is 5.54. The molecule has 0 spiro atoms. The van der Waals surface area contributed by atoms with Crippen molar-refractivity contribution in [3.05, 3.63) is 35.8 Å². The summed E-state index contributed by atoms with van der Waals surface area (Å²) in [6.45, 7) is 11.7. The van der Waals surface area contributed by atoms with Gasteiger partial charge in [0.05, 0.1) is 0 Å². The van der Waals surface area contributed by atoms with E-state index in [0.717, 1.165) is 24.2 Å². The second-order valence-corrected chi connectivity index (χ2v) is 6.44. The lowest BCUT2D eigenvalue weighted by molar-refractivity contribution is 0.0286. The smallest absolute Gasteiger partial charge is 0.372 e. The highest BCUT2D eigenvalue weighted by Crippen LogP contribution is 2.08. The van der Waals surface area contributed by atoms with Crippen LogP contribution in [-0.2, 0) is 13.5 Å². The van der Waals surface area contributed by atoms with Gasteiger partial charge in [-0.1, -0.05) is 32.6 Å². The van der Waals surface area contributed by atoms with E-state index in [4.69, 9.17) is 13.5 Å². The second kappa shape index (κ2) is 9.80. The van der Waals surface area contributed by atoms with E-state index in [1.165, 1.54) is 7.11 Å². The van der Waals surface area contributed by atoms with Crippen LogP contribution in [0.15, 0.2) is 35.8 Å². The zero-order valence-corrected chi connectivity index (χ0v) is 13.6. The van der Waals surface area contributed by atoms with E-state index in [1.54, 1.807) is 5.70 Å². The summed E-state index contributed by atoms with van der Waals surface area (Å²) in [7, 11) is -1.43. The van der Waals surface area contributed by atoms with E-state index >= 15 is 0 Å². The molecule has 2 N–H and O–H groups in total. The molecular formula is C13H26N2O3Si. The maximum Gasteiger partial charge on any atom is 0.572 e.